The average Bonchev–Trinajstić information content (AvgIpc) is 2.75. The monoisotopic (exact) mass is 270 g/mol. The van der Waals surface area contributed by atoms with Crippen molar-refractivity contribution in [3.05, 3.63) is 45.9 Å². The number of nitrogens with two attached hydrogens (primary N) is 1. The van der Waals surface area contributed by atoms with Crippen LogP contribution in [0.2, 0.25) is 0 Å². The molecule has 5 heteroatoms. The number of hydrogen-bond donors (Lipinski definition) is 1. The van der Waals surface area contributed by atoms with Crippen LogP contribution in [0, 0.1) is 6.92 Å². The average molecular weight is 271 g/mol. The molecule has 0 bridgehead atoms. The van der Waals surface area contributed by atoms with E-state index in [9.17, 15) is 0 Å². The van der Waals surface area contributed by atoms with Crippen LogP contribution in [0.15, 0.2) is 29.6 Å². The number of aromatic nitrogens is 1. The molecule has 0 radical (unpaired) electrons. The van der Waals surface area contributed by atoms with Gasteiger partial charge in [-0.1, -0.05) is 12.1 Å². The number of aryl methyl sites for hydroxylation is 1. The summed E-state index contributed by atoms with van der Waals surface area (Å²) in [6.07, 6.45) is 0. The molecule has 0 aliphatic heterocycles. The Morgan fingerprint density at radius 1 is 1.29 bits per heavy atom. The summed E-state index contributed by atoms with van der Waals surface area (Å²) in [6.45, 7) is 1.97. The van der Waals surface area contributed by atoms with Crippen molar-refractivity contribution in [1.82, 2.24) is 4.98 Å². The number of rotatable bonds is 3. The SMILES string of the molecule is COc1ccc(C(N)c2nc(C)cs2)cc1.Cl. The van der Waals surface area contributed by atoms with E-state index in [1.807, 2.05) is 36.6 Å². The van der Waals surface area contributed by atoms with Crippen LogP contribution in [0.5, 0.6) is 5.75 Å². The summed E-state index contributed by atoms with van der Waals surface area (Å²) < 4.78 is 5.10. The topological polar surface area (TPSA) is 48.1 Å². The van der Waals surface area contributed by atoms with Gasteiger partial charge in [-0.3, -0.25) is 0 Å². The van der Waals surface area contributed by atoms with E-state index in [2.05, 4.69) is 4.98 Å². The summed E-state index contributed by atoms with van der Waals surface area (Å²) in [6, 6.07) is 7.62. The molecule has 1 aromatic carbocycles. The van der Waals surface area contributed by atoms with Crippen molar-refractivity contribution >= 4 is 23.7 Å². The quantitative estimate of drug-likeness (QED) is 0.933. The summed E-state index contributed by atoms with van der Waals surface area (Å²) in [5.41, 5.74) is 8.20. The molecular weight excluding hydrogens is 256 g/mol. The molecule has 2 N–H and O–H groups in total. The number of hydrogen-bond acceptors (Lipinski definition) is 4. The molecule has 1 atom stereocenters. The minimum absolute atomic E-state index is 0. The Labute approximate surface area is 111 Å². The Bertz CT molecular complexity index is 470. The molecule has 0 saturated heterocycles. The first-order valence-corrected chi connectivity index (χ1v) is 5.90. The molecule has 0 fully saturated rings. The summed E-state index contributed by atoms with van der Waals surface area (Å²) in [7, 11) is 1.65. The first-order valence-electron chi connectivity index (χ1n) is 5.02. The lowest BCUT2D eigenvalue weighted by Gasteiger charge is -2.09. The molecule has 2 aromatic rings. The van der Waals surface area contributed by atoms with E-state index in [1.165, 1.54) is 0 Å². The molecule has 1 heterocycles. The highest BCUT2D eigenvalue weighted by molar-refractivity contribution is 7.09. The first-order chi connectivity index (χ1) is 7.70. The number of halogens is 1. The predicted molar refractivity (Wildman–Crippen MR) is 73.1 cm³/mol. The Morgan fingerprint density at radius 2 is 1.94 bits per heavy atom. The van der Waals surface area contributed by atoms with Crippen molar-refractivity contribution in [3.8, 4) is 5.75 Å². The van der Waals surface area contributed by atoms with E-state index in [4.69, 9.17) is 10.5 Å². The van der Waals surface area contributed by atoms with E-state index < -0.39 is 0 Å². The van der Waals surface area contributed by atoms with Crippen molar-refractivity contribution in [1.29, 1.82) is 0 Å². The largest absolute Gasteiger partial charge is 0.497 e. The highest BCUT2D eigenvalue weighted by Gasteiger charge is 2.12. The van der Waals surface area contributed by atoms with Gasteiger partial charge < -0.3 is 10.5 Å². The normalized spacial score (nSPS) is 11.7. The number of ether oxygens (including phenoxy) is 1. The van der Waals surface area contributed by atoms with Crippen LogP contribution in [0.4, 0.5) is 0 Å². The minimum atomic E-state index is -0.149. The maximum absolute atomic E-state index is 6.13. The molecule has 0 saturated carbocycles. The molecule has 0 spiro atoms. The van der Waals surface area contributed by atoms with Crippen molar-refractivity contribution < 1.29 is 4.74 Å². The minimum Gasteiger partial charge on any atom is -0.497 e. The van der Waals surface area contributed by atoms with Gasteiger partial charge in [-0.2, -0.15) is 0 Å². The predicted octanol–water partition coefficient (Wildman–Crippen LogP) is 2.93. The van der Waals surface area contributed by atoms with Crippen LogP contribution in [-0.4, -0.2) is 12.1 Å². The molecule has 0 aliphatic carbocycles. The standard InChI is InChI=1S/C12H14N2OS.ClH/c1-8-7-16-12(14-8)11(13)9-3-5-10(15-2)6-4-9;/h3-7,11H,13H2,1-2H3;1H. The van der Waals surface area contributed by atoms with E-state index in [1.54, 1.807) is 18.4 Å². The lowest BCUT2D eigenvalue weighted by molar-refractivity contribution is 0.414. The van der Waals surface area contributed by atoms with Gasteiger partial charge in [0, 0.05) is 11.1 Å². The second-order valence-corrected chi connectivity index (χ2v) is 4.47. The molecule has 2 rings (SSSR count). The zero-order valence-corrected chi connectivity index (χ0v) is 11.3. The van der Waals surface area contributed by atoms with Crippen LogP contribution >= 0.6 is 23.7 Å². The smallest absolute Gasteiger partial charge is 0.118 e. The summed E-state index contributed by atoms with van der Waals surface area (Å²) >= 11 is 1.60. The van der Waals surface area contributed by atoms with Crippen molar-refractivity contribution in [2.24, 2.45) is 5.73 Å². The fourth-order valence-electron chi connectivity index (χ4n) is 1.47. The van der Waals surface area contributed by atoms with Crippen LogP contribution in [0.3, 0.4) is 0 Å². The van der Waals surface area contributed by atoms with Gasteiger partial charge >= 0.3 is 0 Å². The molecular formula is C12H15ClN2OS. The van der Waals surface area contributed by atoms with Gasteiger partial charge in [0.25, 0.3) is 0 Å². The van der Waals surface area contributed by atoms with Crippen molar-refractivity contribution in [2.45, 2.75) is 13.0 Å². The molecule has 92 valence electrons. The van der Waals surface area contributed by atoms with Gasteiger partial charge in [-0.15, -0.1) is 23.7 Å². The van der Waals surface area contributed by atoms with E-state index >= 15 is 0 Å². The third kappa shape index (κ3) is 3.19. The molecule has 1 aromatic heterocycles. The summed E-state index contributed by atoms with van der Waals surface area (Å²) in [5.74, 6) is 0.839. The number of thiazole rings is 1. The second kappa shape index (κ2) is 6.00. The van der Waals surface area contributed by atoms with Gasteiger partial charge in [0.15, 0.2) is 0 Å². The number of methoxy groups -OCH3 is 1. The van der Waals surface area contributed by atoms with Crippen molar-refractivity contribution in [2.75, 3.05) is 7.11 Å². The molecule has 0 amide bonds. The molecule has 0 aliphatic rings. The number of benzene rings is 1. The van der Waals surface area contributed by atoms with Crippen LogP contribution in [0.25, 0.3) is 0 Å². The zero-order valence-electron chi connectivity index (χ0n) is 9.71. The molecule has 17 heavy (non-hydrogen) atoms. The fourth-order valence-corrected chi connectivity index (χ4v) is 2.29. The van der Waals surface area contributed by atoms with Crippen LogP contribution in [0.1, 0.15) is 22.3 Å². The third-order valence-electron chi connectivity index (χ3n) is 2.38. The maximum atomic E-state index is 6.13. The Hall–Kier alpha value is -1.10. The van der Waals surface area contributed by atoms with Crippen LogP contribution < -0.4 is 10.5 Å². The zero-order chi connectivity index (χ0) is 11.5. The van der Waals surface area contributed by atoms with Gasteiger partial charge in [-0.25, -0.2) is 4.98 Å². The van der Waals surface area contributed by atoms with Gasteiger partial charge in [0.2, 0.25) is 0 Å². The van der Waals surface area contributed by atoms with E-state index in [0.717, 1.165) is 22.0 Å². The highest BCUT2D eigenvalue weighted by Crippen LogP contribution is 2.24. The van der Waals surface area contributed by atoms with E-state index in [-0.39, 0.29) is 18.4 Å². The van der Waals surface area contributed by atoms with Gasteiger partial charge in [0.1, 0.15) is 10.8 Å². The summed E-state index contributed by atoms with van der Waals surface area (Å²) in [4.78, 5) is 4.39. The lowest BCUT2D eigenvalue weighted by atomic mass is 10.1. The maximum Gasteiger partial charge on any atom is 0.118 e. The summed E-state index contributed by atoms with van der Waals surface area (Å²) in [5, 5.41) is 2.96. The lowest BCUT2D eigenvalue weighted by Crippen LogP contribution is -2.11. The fraction of sp³-hybridized carbons (Fsp3) is 0.250. The van der Waals surface area contributed by atoms with Gasteiger partial charge in [0.05, 0.1) is 13.2 Å². The first kappa shape index (κ1) is 14.0. The van der Waals surface area contributed by atoms with Crippen LogP contribution in [-0.2, 0) is 0 Å². The van der Waals surface area contributed by atoms with E-state index in [0.29, 0.717) is 0 Å². The third-order valence-corrected chi connectivity index (χ3v) is 3.42. The van der Waals surface area contributed by atoms with Crippen molar-refractivity contribution in [3.63, 3.8) is 0 Å². The second-order valence-electron chi connectivity index (χ2n) is 3.58. The molecule has 3 nitrogen and oxygen atoms in total. The Morgan fingerprint density at radius 3 is 2.41 bits per heavy atom. The highest BCUT2D eigenvalue weighted by atomic mass is 35.5. The Balaban J connectivity index is 0.00000144. The number of nitrogens with zero attached hydrogens (tertiary/aromatic N) is 1. The Kier molecular flexibility index (Phi) is 4.93. The van der Waals surface area contributed by atoms with Gasteiger partial charge in [-0.05, 0) is 24.6 Å². The molecule has 1 unspecified atom stereocenters.